The summed E-state index contributed by atoms with van der Waals surface area (Å²) in [6, 6.07) is 7.37. The zero-order chi connectivity index (χ0) is 15.6. The van der Waals surface area contributed by atoms with Crippen LogP contribution in [0.4, 0.5) is 11.4 Å². The van der Waals surface area contributed by atoms with Gasteiger partial charge in [0.05, 0.1) is 25.1 Å². The van der Waals surface area contributed by atoms with Crippen LogP contribution in [0.5, 0.6) is 0 Å². The van der Waals surface area contributed by atoms with Crippen molar-refractivity contribution >= 4 is 21.4 Å². The minimum Gasteiger partial charge on any atom is -0.378 e. The van der Waals surface area contributed by atoms with Gasteiger partial charge in [0, 0.05) is 32.0 Å². The zero-order valence-corrected chi connectivity index (χ0v) is 13.1. The van der Waals surface area contributed by atoms with E-state index < -0.39 is 10.0 Å². The van der Waals surface area contributed by atoms with E-state index in [-0.39, 0.29) is 4.90 Å². The van der Waals surface area contributed by atoms with Crippen molar-refractivity contribution < 1.29 is 13.2 Å². The molecule has 1 fully saturated rings. The molecule has 1 saturated heterocycles. The first kappa shape index (κ1) is 14.9. The normalized spacial score (nSPS) is 15.8. The maximum absolute atomic E-state index is 12.3. The van der Waals surface area contributed by atoms with Gasteiger partial charge in [-0.25, -0.2) is 8.42 Å². The van der Waals surface area contributed by atoms with E-state index in [1.165, 1.54) is 17.1 Å². The molecule has 0 unspecified atom stereocenters. The van der Waals surface area contributed by atoms with E-state index in [4.69, 9.17) is 4.74 Å². The predicted octanol–water partition coefficient (Wildman–Crippen LogP) is 1.06. The fourth-order valence-electron chi connectivity index (χ4n) is 2.34. The van der Waals surface area contributed by atoms with Crippen LogP contribution in [0.3, 0.4) is 0 Å². The molecule has 0 atom stereocenters. The second-order valence-electron chi connectivity index (χ2n) is 5.10. The minimum absolute atomic E-state index is 0.145. The highest BCUT2D eigenvalue weighted by Crippen LogP contribution is 2.22. The number of nitrogens with one attached hydrogen (secondary N) is 1. The van der Waals surface area contributed by atoms with Crippen LogP contribution >= 0.6 is 0 Å². The van der Waals surface area contributed by atoms with E-state index in [0.29, 0.717) is 18.9 Å². The number of hydrogen-bond acceptors (Lipinski definition) is 5. The van der Waals surface area contributed by atoms with Gasteiger partial charge in [-0.3, -0.25) is 9.40 Å². The molecule has 0 radical (unpaired) electrons. The van der Waals surface area contributed by atoms with Crippen molar-refractivity contribution in [1.82, 2.24) is 9.78 Å². The lowest BCUT2D eigenvalue weighted by Gasteiger charge is -2.29. The van der Waals surface area contributed by atoms with Gasteiger partial charge < -0.3 is 9.64 Å². The first-order valence-electron chi connectivity index (χ1n) is 6.99. The smallest absolute Gasteiger partial charge is 0.265 e. The molecule has 0 aliphatic carbocycles. The summed E-state index contributed by atoms with van der Waals surface area (Å²) in [7, 11) is -1.94. The molecular weight excluding hydrogens is 304 g/mol. The third-order valence-electron chi connectivity index (χ3n) is 3.47. The van der Waals surface area contributed by atoms with Crippen molar-refractivity contribution in [3.8, 4) is 0 Å². The number of aryl methyl sites for hydroxylation is 1. The molecular formula is C14H18N4O3S. The van der Waals surface area contributed by atoms with Gasteiger partial charge in [0.25, 0.3) is 10.0 Å². The number of aromatic nitrogens is 2. The lowest BCUT2D eigenvalue weighted by molar-refractivity contribution is 0.122. The number of hydrogen-bond donors (Lipinski definition) is 1. The monoisotopic (exact) mass is 322 g/mol. The highest BCUT2D eigenvalue weighted by atomic mass is 32.2. The molecule has 3 rings (SSSR count). The number of morpholine rings is 1. The van der Waals surface area contributed by atoms with Crippen LogP contribution in [0.25, 0.3) is 0 Å². The van der Waals surface area contributed by atoms with Gasteiger partial charge >= 0.3 is 0 Å². The predicted molar refractivity (Wildman–Crippen MR) is 83.5 cm³/mol. The SMILES string of the molecule is Cn1cc(S(=O)(=O)Nc2cccc(N3CCOCC3)c2)cn1. The largest absolute Gasteiger partial charge is 0.378 e. The summed E-state index contributed by atoms with van der Waals surface area (Å²) in [5.74, 6) is 0. The Labute approximate surface area is 129 Å². The molecule has 0 spiro atoms. The summed E-state index contributed by atoms with van der Waals surface area (Å²) >= 11 is 0. The Bertz CT molecular complexity index is 751. The summed E-state index contributed by atoms with van der Waals surface area (Å²) in [5.41, 5.74) is 1.52. The van der Waals surface area contributed by atoms with E-state index in [1.54, 1.807) is 13.1 Å². The number of benzene rings is 1. The standard InChI is InChI=1S/C14H18N4O3S/c1-17-11-14(10-15-17)22(19,20)16-12-3-2-4-13(9-12)18-5-7-21-8-6-18/h2-4,9-11,16H,5-8H2,1H3. The molecule has 0 amide bonds. The molecule has 22 heavy (non-hydrogen) atoms. The van der Waals surface area contributed by atoms with Gasteiger partial charge in [0.15, 0.2) is 0 Å². The van der Waals surface area contributed by atoms with Gasteiger partial charge in [-0.1, -0.05) is 6.07 Å². The number of ether oxygens (including phenoxy) is 1. The molecule has 8 heteroatoms. The van der Waals surface area contributed by atoms with Crippen LogP contribution in [0, 0.1) is 0 Å². The van der Waals surface area contributed by atoms with Crippen LogP contribution in [-0.4, -0.2) is 44.5 Å². The Morgan fingerprint density at radius 3 is 2.73 bits per heavy atom. The van der Waals surface area contributed by atoms with Gasteiger partial charge in [-0.2, -0.15) is 5.10 Å². The maximum Gasteiger partial charge on any atom is 0.265 e. The molecule has 118 valence electrons. The summed E-state index contributed by atoms with van der Waals surface area (Å²) in [5, 5.41) is 3.89. The maximum atomic E-state index is 12.3. The Balaban J connectivity index is 1.80. The van der Waals surface area contributed by atoms with Crippen LogP contribution in [-0.2, 0) is 21.8 Å². The quantitative estimate of drug-likeness (QED) is 0.911. The molecule has 7 nitrogen and oxygen atoms in total. The minimum atomic E-state index is -3.62. The fourth-order valence-corrected chi connectivity index (χ4v) is 3.37. The number of nitrogens with zero attached hydrogens (tertiary/aromatic N) is 3. The lowest BCUT2D eigenvalue weighted by Crippen LogP contribution is -2.36. The van der Waals surface area contributed by atoms with Crippen molar-refractivity contribution in [2.24, 2.45) is 7.05 Å². The average Bonchev–Trinajstić information content (AvgIpc) is 2.96. The summed E-state index contributed by atoms with van der Waals surface area (Å²) in [4.78, 5) is 2.32. The number of rotatable bonds is 4. The highest BCUT2D eigenvalue weighted by Gasteiger charge is 2.17. The van der Waals surface area contributed by atoms with E-state index >= 15 is 0 Å². The number of anilines is 2. The lowest BCUT2D eigenvalue weighted by atomic mass is 10.2. The van der Waals surface area contributed by atoms with Crippen molar-refractivity contribution in [3.63, 3.8) is 0 Å². The Kier molecular flexibility index (Phi) is 4.04. The molecule has 1 aliphatic rings. The average molecular weight is 322 g/mol. The first-order valence-corrected chi connectivity index (χ1v) is 8.47. The van der Waals surface area contributed by atoms with Crippen molar-refractivity contribution in [1.29, 1.82) is 0 Å². The Morgan fingerprint density at radius 2 is 2.05 bits per heavy atom. The van der Waals surface area contributed by atoms with Crippen LogP contribution in [0.2, 0.25) is 0 Å². The molecule has 0 saturated carbocycles. The van der Waals surface area contributed by atoms with Crippen molar-refractivity contribution in [2.75, 3.05) is 35.9 Å². The van der Waals surface area contributed by atoms with Gasteiger partial charge in [0.1, 0.15) is 4.90 Å². The molecule has 2 aromatic rings. The summed E-state index contributed by atoms with van der Waals surface area (Å²) in [6.45, 7) is 2.98. The first-order chi connectivity index (χ1) is 10.5. The van der Waals surface area contributed by atoms with Crippen LogP contribution < -0.4 is 9.62 Å². The zero-order valence-electron chi connectivity index (χ0n) is 12.3. The van der Waals surface area contributed by atoms with Gasteiger partial charge in [0.2, 0.25) is 0 Å². The van der Waals surface area contributed by atoms with E-state index in [1.807, 2.05) is 18.2 Å². The summed E-state index contributed by atoms with van der Waals surface area (Å²) in [6.07, 6.45) is 2.79. The molecule has 1 N–H and O–H groups in total. The fraction of sp³-hybridized carbons (Fsp3) is 0.357. The Morgan fingerprint density at radius 1 is 1.27 bits per heavy atom. The second-order valence-corrected chi connectivity index (χ2v) is 6.79. The molecule has 1 aliphatic heterocycles. The topological polar surface area (TPSA) is 76.5 Å². The highest BCUT2D eigenvalue weighted by molar-refractivity contribution is 7.92. The van der Waals surface area contributed by atoms with Gasteiger partial charge in [-0.05, 0) is 18.2 Å². The third-order valence-corrected chi connectivity index (χ3v) is 4.80. The number of sulfonamides is 1. The van der Waals surface area contributed by atoms with Crippen molar-refractivity contribution in [2.45, 2.75) is 4.90 Å². The molecule has 0 bridgehead atoms. The second kappa shape index (κ2) is 5.98. The summed E-state index contributed by atoms with van der Waals surface area (Å²) < 4.78 is 34.0. The third kappa shape index (κ3) is 3.23. The van der Waals surface area contributed by atoms with Crippen LogP contribution in [0.15, 0.2) is 41.6 Å². The molecule has 1 aromatic carbocycles. The molecule has 1 aromatic heterocycles. The van der Waals surface area contributed by atoms with Crippen molar-refractivity contribution in [3.05, 3.63) is 36.7 Å². The van der Waals surface area contributed by atoms with E-state index in [2.05, 4.69) is 14.7 Å². The van der Waals surface area contributed by atoms with E-state index in [9.17, 15) is 8.42 Å². The van der Waals surface area contributed by atoms with Gasteiger partial charge in [-0.15, -0.1) is 0 Å². The van der Waals surface area contributed by atoms with E-state index in [0.717, 1.165) is 18.8 Å². The Hall–Kier alpha value is -2.06. The molecule has 2 heterocycles. The van der Waals surface area contributed by atoms with Crippen LogP contribution in [0.1, 0.15) is 0 Å².